The summed E-state index contributed by atoms with van der Waals surface area (Å²) >= 11 is 0. The van der Waals surface area contributed by atoms with Crippen molar-refractivity contribution in [1.29, 1.82) is 0 Å². The van der Waals surface area contributed by atoms with Crippen LogP contribution in [0.2, 0.25) is 0 Å². The van der Waals surface area contributed by atoms with Gasteiger partial charge >= 0.3 is 0 Å². The van der Waals surface area contributed by atoms with Crippen LogP contribution in [0, 0.1) is 6.92 Å². The van der Waals surface area contributed by atoms with E-state index in [0.717, 1.165) is 12.1 Å². The van der Waals surface area contributed by atoms with Gasteiger partial charge in [-0.15, -0.1) is 0 Å². The quantitative estimate of drug-likeness (QED) is 0.793. The lowest BCUT2D eigenvalue weighted by Gasteiger charge is -2.02. The minimum atomic E-state index is 0.632. The number of fused-ring (bicyclic) bond motifs is 1. The van der Waals surface area contributed by atoms with Crippen molar-refractivity contribution in [3.8, 4) is 11.3 Å². The maximum absolute atomic E-state index is 5.67. The summed E-state index contributed by atoms with van der Waals surface area (Å²) in [5, 5.41) is 5.88. The van der Waals surface area contributed by atoms with Crippen molar-refractivity contribution in [2.45, 2.75) is 13.3 Å². The van der Waals surface area contributed by atoms with Crippen LogP contribution in [0.5, 0.6) is 0 Å². The lowest BCUT2D eigenvalue weighted by molar-refractivity contribution is 0.745. The van der Waals surface area contributed by atoms with E-state index in [9.17, 15) is 0 Å². The largest absolute Gasteiger partial charge is 0.350 e. The summed E-state index contributed by atoms with van der Waals surface area (Å²) in [7, 11) is 4.09. The third-order valence-electron chi connectivity index (χ3n) is 3.92. The Labute approximate surface area is 118 Å². The number of benzene rings is 1. The predicted molar refractivity (Wildman–Crippen MR) is 82.6 cm³/mol. The zero-order valence-electron chi connectivity index (χ0n) is 12.2. The first-order chi connectivity index (χ1) is 9.63. The minimum absolute atomic E-state index is 0.632. The molecule has 0 amide bonds. The van der Waals surface area contributed by atoms with E-state index in [0.29, 0.717) is 6.54 Å². The number of para-hydroxylation sites is 1. The van der Waals surface area contributed by atoms with Crippen molar-refractivity contribution in [1.82, 2.24) is 14.3 Å². The fraction of sp³-hybridized carbons (Fsp3) is 0.312. The van der Waals surface area contributed by atoms with Gasteiger partial charge in [0.25, 0.3) is 0 Å². The molecule has 0 atom stereocenters. The molecular formula is C16H20N4. The average Bonchev–Trinajstić information content (AvgIpc) is 2.90. The molecule has 104 valence electrons. The van der Waals surface area contributed by atoms with Crippen LogP contribution in [0.15, 0.2) is 30.5 Å². The number of nitrogens with two attached hydrogens (primary N) is 1. The summed E-state index contributed by atoms with van der Waals surface area (Å²) in [5.41, 5.74) is 11.7. The van der Waals surface area contributed by atoms with Crippen LogP contribution < -0.4 is 5.73 Å². The van der Waals surface area contributed by atoms with Crippen LogP contribution in [0.4, 0.5) is 0 Å². The molecule has 2 aromatic heterocycles. The first kappa shape index (κ1) is 12.9. The Morgan fingerprint density at radius 1 is 1.20 bits per heavy atom. The molecule has 0 saturated heterocycles. The van der Waals surface area contributed by atoms with Crippen molar-refractivity contribution in [3.63, 3.8) is 0 Å². The standard InChI is InChI=1S/C16H20N4/c1-11-14(8-9-17)18-20(3)16(11)13-10-19(2)15-7-5-4-6-12(13)15/h4-7,10H,8-9,17H2,1-3H3. The Bertz CT molecular complexity index is 764. The Kier molecular flexibility index (Phi) is 3.10. The number of rotatable bonds is 3. The molecule has 0 unspecified atom stereocenters. The molecule has 0 bridgehead atoms. The molecule has 1 aromatic carbocycles. The Morgan fingerprint density at radius 3 is 2.70 bits per heavy atom. The summed E-state index contributed by atoms with van der Waals surface area (Å²) in [6.45, 7) is 2.77. The van der Waals surface area contributed by atoms with Gasteiger partial charge in [0.1, 0.15) is 0 Å². The predicted octanol–water partition coefficient (Wildman–Crippen LogP) is 2.39. The molecule has 0 fully saturated rings. The molecule has 0 spiro atoms. The number of hydrogen-bond acceptors (Lipinski definition) is 2. The SMILES string of the molecule is Cc1c(CCN)nn(C)c1-c1cn(C)c2ccccc12. The van der Waals surface area contributed by atoms with Crippen molar-refractivity contribution in [3.05, 3.63) is 41.7 Å². The highest BCUT2D eigenvalue weighted by atomic mass is 15.3. The van der Waals surface area contributed by atoms with E-state index in [4.69, 9.17) is 5.73 Å². The molecular weight excluding hydrogens is 248 g/mol. The summed E-state index contributed by atoms with van der Waals surface area (Å²) in [6.07, 6.45) is 3.01. The molecule has 2 N–H and O–H groups in total. The smallest absolute Gasteiger partial charge is 0.0732 e. The summed E-state index contributed by atoms with van der Waals surface area (Å²) in [6, 6.07) is 8.46. The second-order valence-electron chi connectivity index (χ2n) is 5.25. The molecule has 2 heterocycles. The second kappa shape index (κ2) is 4.80. The zero-order valence-corrected chi connectivity index (χ0v) is 12.2. The number of aryl methyl sites for hydroxylation is 2. The molecule has 4 nitrogen and oxygen atoms in total. The number of hydrogen-bond donors (Lipinski definition) is 1. The van der Waals surface area contributed by atoms with Gasteiger partial charge in [-0.1, -0.05) is 18.2 Å². The lowest BCUT2D eigenvalue weighted by atomic mass is 10.0. The summed E-state index contributed by atoms with van der Waals surface area (Å²) in [5.74, 6) is 0. The maximum Gasteiger partial charge on any atom is 0.0732 e. The third kappa shape index (κ3) is 1.84. The van der Waals surface area contributed by atoms with Crippen molar-refractivity contribution >= 4 is 10.9 Å². The van der Waals surface area contributed by atoms with Gasteiger partial charge in [-0.05, 0) is 25.1 Å². The van der Waals surface area contributed by atoms with E-state index in [1.807, 2.05) is 11.7 Å². The third-order valence-corrected chi connectivity index (χ3v) is 3.92. The Hall–Kier alpha value is -2.07. The van der Waals surface area contributed by atoms with Crippen LogP contribution >= 0.6 is 0 Å². The van der Waals surface area contributed by atoms with E-state index >= 15 is 0 Å². The minimum Gasteiger partial charge on any atom is -0.350 e. The fourth-order valence-electron chi connectivity index (χ4n) is 2.97. The fourth-order valence-corrected chi connectivity index (χ4v) is 2.97. The van der Waals surface area contributed by atoms with Crippen LogP contribution in [0.3, 0.4) is 0 Å². The van der Waals surface area contributed by atoms with Crippen LogP contribution in [0.1, 0.15) is 11.3 Å². The normalized spacial score (nSPS) is 11.4. The van der Waals surface area contributed by atoms with E-state index < -0.39 is 0 Å². The van der Waals surface area contributed by atoms with Gasteiger partial charge < -0.3 is 10.3 Å². The molecule has 4 heteroatoms. The Balaban J connectivity index is 2.26. The zero-order chi connectivity index (χ0) is 14.3. The van der Waals surface area contributed by atoms with E-state index in [-0.39, 0.29) is 0 Å². The van der Waals surface area contributed by atoms with Crippen molar-refractivity contribution in [2.75, 3.05) is 6.54 Å². The molecule has 3 aromatic rings. The monoisotopic (exact) mass is 268 g/mol. The average molecular weight is 268 g/mol. The molecule has 0 aliphatic rings. The van der Waals surface area contributed by atoms with Gasteiger partial charge in [0, 0.05) is 43.2 Å². The van der Waals surface area contributed by atoms with E-state index in [1.54, 1.807) is 0 Å². The van der Waals surface area contributed by atoms with Crippen LogP contribution in [-0.2, 0) is 20.5 Å². The van der Waals surface area contributed by atoms with Gasteiger partial charge in [0.15, 0.2) is 0 Å². The first-order valence-electron chi connectivity index (χ1n) is 6.90. The molecule has 20 heavy (non-hydrogen) atoms. The topological polar surface area (TPSA) is 48.8 Å². The second-order valence-corrected chi connectivity index (χ2v) is 5.25. The number of aromatic nitrogens is 3. The van der Waals surface area contributed by atoms with Crippen LogP contribution in [0.25, 0.3) is 22.2 Å². The first-order valence-corrected chi connectivity index (χ1v) is 6.90. The van der Waals surface area contributed by atoms with Crippen LogP contribution in [-0.4, -0.2) is 20.9 Å². The molecule has 0 saturated carbocycles. The summed E-state index contributed by atoms with van der Waals surface area (Å²) in [4.78, 5) is 0. The highest BCUT2D eigenvalue weighted by Crippen LogP contribution is 2.33. The molecule has 3 rings (SSSR count). The Morgan fingerprint density at radius 2 is 1.95 bits per heavy atom. The van der Waals surface area contributed by atoms with E-state index in [2.05, 4.69) is 54.1 Å². The maximum atomic E-state index is 5.67. The van der Waals surface area contributed by atoms with Crippen molar-refractivity contribution < 1.29 is 0 Å². The molecule has 0 radical (unpaired) electrons. The summed E-state index contributed by atoms with van der Waals surface area (Å²) < 4.78 is 4.14. The lowest BCUT2D eigenvalue weighted by Crippen LogP contribution is -2.04. The molecule has 0 aliphatic heterocycles. The van der Waals surface area contributed by atoms with Gasteiger partial charge in [-0.2, -0.15) is 5.10 Å². The van der Waals surface area contributed by atoms with E-state index in [1.165, 1.54) is 27.7 Å². The van der Waals surface area contributed by atoms with Gasteiger partial charge in [-0.25, -0.2) is 0 Å². The van der Waals surface area contributed by atoms with Gasteiger partial charge in [-0.3, -0.25) is 4.68 Å². The molecule has 0 aliphatic carbocycles. The van der Waals surface area contributed by atoms with Gasteiger partial charge in [0.05, 0.1) is 11.4 Å². The highest BCUT2D eigenvalue weighted by molar-refractivity contribution is 5.96. The van der Waals surface area contributed by atoms with Gasteiger partial charge in [0.2, 0.25) is 0 Å². The highest BCUT2D eigenvalue weighted by Gasteiger charge is 2.17. The number of nitrogens with zero attached hydrogens (tertiary/aromatic N) is 3. The van der Waals surface area contributed by atoms with Crippen molar-refractivity contribution in [2.24, 2.45) is 19.8 Å².